The van der Waals surface area contributed by atoms with Crippen LogP contribution in [0.5, 0.6) is 0 Å². The van der Waals surface area contributed by atoms with Crippen LogP contribution in [-0.4, -0.2) is 67.8 Å². The molecule has 2 aromatic carbocycles. The first-order valence-electron chi connectivity index (χ1n) is 11.8. The topological polar surface area (TPSA) is 74.4 Å². The monoisotopic (exact) mass is 505 g/mol. The van der Waals surface area contributed by atoms with Crippen molar-refractivity contribution in [2.45, 2.75) is 37.9 Å². The molecule has 6 nitrogen and oxygen atoms in total. The highest BCUT2D eigenvalue weighted by molar-refractivity contribution is 7.79. The molecule has 0 aliphatic carbocycles. The Morgan fingerprint density at radius 2 is 1.91 bits per heavy atom. The van der Waals surface area contributed by atoms with Gasteiger partial charge >= 0.3 is 0 Å². The minimum Gasteiger partial charge on any atom is -0.771 e. The smallest absolute Gasteiger partial charge is 0.133 e. The van der Waals surface area contributed by atoms with E-state index in [0.29, 0.717) is 43.9 Å². The third-order valence-corrected chi connectivity index (χ3v) is 7.57. The number of para-hydroxylation sites is 1. The van der Waals surface area contributed by atoms with Gasteiger partial charge in [0.2, 0.25) is 0 Å². The highest BCUT2D eigenvalue weighted by Crippen LogP contribution is 2.42. The van der Waals surface area contributed by atoms with Crippen molar-refractivity contribution < 1.29 is 21.9 Å². The minimum atomic E-state index is -2.42. The summed E-state index contributed by atoms with van der Waals surface area (Å²) in [6.07, 6.45) is 1.04. The van der Waals surface area contributed by atoms with Crippen LogP contribution in [0.3, 0.4) is 0 Å². The maximum Gasteiger partial charge on any atom is 0.133 e. The summed E-state index contributed by atoms with van der Waals surface area (Å²) in [5.41, 5.74) is 2.59. The van der Waals surface area contributed by atoms with E-state index in [1.807, 2.05) is 31.2 Å². The Labute approximate surface area is 204 Å². The Morgan fingerprint density at radius 3 is 2.60 bits per heavy atom. The molecule has 0 amide bonds. The Hall–Kier alpha value is -2.40. The van der Waals surface area contributed by atoms with Crippen molar-refractivity contribution in [3.05, 3.63) is 64.9 Å². The van der Waals surface area contributed by atoms with Crippen LogP contribution in [0.2, 0.25) is 0 Å². The zero-order valence-electron chi connectivity index (χ0n) is 19.4. The predicted octanol–water partition coefficient (Wildman–Crippen LogP) is 4.07. The average molecular weight is 506 g/mol. The number of nitrogens with one attached hydrogen (secondary N) is 2. The van der Waals surface area contributed by atoms with E-state index >= 15 is 8.78 Å². The average Bonchev–Trinajstić information content (AvgIpc) is 3.14. The Bertz CT molecular complexity index is 1220. The van der Waals surface area contributed by atoms with E-state index in [-0.39, 0.29) is 30.2 Å². The zero-order chi connectivity index (χ0) is 24.7. The number of aromatic amines is 1. The largest absolute Gasteiger partial charge is 0.771 e. The number of hydrogen-bond donors (Lipinski definition) is 2. The molecule has 3 aromatic rings. The van der Waals surface area contributed by atoms with Crippen LogP contribution in [0.1, 0.15) is 36.2 Å². The molecule has 2 aliphatic heterocycles. The fourth-order valence-corrected chi connectivity index (χ4v) is 6.08. The minimum absolute atomic E-state index is 0.0358. The molecule has 188 valence electrons. The summed E-state index contributed by atoms with van der Waals surface area (Å²) in [5, 5.41) is 4.13. The second-order valence-electron chi connectivity index (χ2n) is 9.46. The lowest BCUT2D eigenvalue weighted by Gasteiger charge is -2.41. The molecule has 3 atom stereocenters. The highest BCUT2D eigenvalue weighted by atomic mass is 32.2. The van der Waals surface area contributed by atoms with E-state index < -0.39 is 28.8 Å². The summed E-state index contributed by atoms with van der Waals surface area (Å²) in [4.78, 5) is 7.02. The van der Waals surface area contributed by atoms with Gasteiger partial charge in [-0.3, -0.25) is 18.4 Å². The molecule has 2 N–H and O–H groups in total. The molecule has 1 saturated heterocycles. The van der Waals surface area contributed by atoms with Crippen molar-refractivity contribution in [2.75, 3.05) is 37.5 Å². The van der Waals surface area contributed by atoms with Crippen molar-refractivity contribution in [2.24, 2.45) is 0 Å². The lowest BCUT2D eigenvalue weighted by Crippen LogP contribution is -2.54. The number of benzene rings is 2. The molecule has 1 aromatic heterocycles. The predicted molar refractivity (Wildman–Crippen MR) is 130 cm³/mol. The standard InChI is InChI=1S/C25H29F3N4O2S/c1-15-9-19-18-5-2-3-6-22(18)30-24(19)25(32(15)14-35(33)34)23-20(27)10-16(11-21(23)28)29-17-12-31(13-17)8-4-7-26/h2-3,5-6,10-11,15,17,25,29-30H,4,7-9,12-14H2,1H3,(H,33,34)/p-1/t15-,25-/m1/s1. The Kier molecular flexibility index (Phi) is 6.89. The SMILES string of the molecule is C[C@@H]1Cc2c([nH]c3ccccc23)[C@@H](c2c(F)cc(NC3CN(CCCF)C3)cc2F)N1CS(=O)[O-]. The van der Waals surface area contributed by atoms with Gasteiger partial charge in [0.05, 0.1) is 24.6 Å². The van der Waals surface area contributed by atoms with Gasteiger partial charge in [0.15, 0.2) is 0 Å². The van der Waals surface area contributed by atoms with Crippen LogP contribution >= 0.6 is 0 Å². The molecule has 3 heterocycles. The third-order valence-electron chi connectivity index (χ3n) is 7.06. The van der Waals surface area contributed by atoms with Gasteiger partial charge in [0.25, 0.3) is 0 Å². The molecule has 1 fully saturated rings. The van der Waals surface area contributed by atoms with Gasteiger partial charge in [-0.15, -0.1) is 0 Å². The number of fused-ring (bicyclic) bond motifs is 3. The summed E-state index contributed by atoms with van der Waals surface area (Å²) in [7, 11) is 0. The van der Waals surface area contributed by atoms with Gasteiger partial charge in [0.1, 0.15) is 11.6 Å². The van der Waals surface area contributed by atoms with E-state index in [0.717, 1.165) is 16.5 Å². The summed E-state index contributed by atoms with van der Waals surface area (Å²) >= 11 is -2.42. The first-order valence-corrected chi connectivity index (χ1v) is 13.0. The van der Waals surface area contributed by atoms with E-state index in [9.17, 15) is 13.2 Å². The number of H-pyrrole nitrogens is 1. The first kappa shape index (κ1) is 24.3. The maximum absolute atomic E-state index is 15.6. The van der Waals surface area contributed by atoms with Crippen molar-refractivity contribution in [3.63, 3.8) is 0 Å². The van der Waals surface area contributed by atoms with Crippen molar-refractivity contribution in [3.8, 4) is 0 Å². The molecule has 35 heavy (non-hydrogen) atoms. The summed E-state index contributed by atoms with van der Waals surface area (Å²) in [5.74, 6) is -1.80. The summed E-state index contributed by atoms with van der Waals surface area (Å²) in [6, 6.07) is 9.09. The highest BCUT2D eigenvalue weighted by Gasteiger charge is 2.39. The molecule has 5 rings (SSSR count). The van der Waals surface area contributed by atoms with Crippen LogP contribution in [0.4, 0.5) is 18.9 Å². The Morgan fingerprint density at radius 1 is 1.20 bits per heavy atom. The summed E-state index contributed by atoms with van der Waals surface area (Å²) in [6.45, 7) is 3.56. The van der Waals surface area contributed by atoms with Gasteiger partial charge < -0.3 is 14.9 Å². The number of alkyl halides is 1. The Balaban J connectivity index is 1.49. The molecular weight excluding hydrogens is 477 g/mol. The van der Waals surface area contributed by atoms with E-state index in [2.05, 4.69) is 15.2 Å². The molecule has 0 radical (unpaired) electrons. The molecule has 1 unspecified atom stereocenters. The lowest BCUT2D eigenvalue weighted by atomic mass is 9.88. The molecular formula is C25H28F3N4O2S-. The number of aromatic nitrogens is 1. The third kappa shape index (κ3) is 4.72. The number of nitrogens with zero attached hydrogens (tertiary/aromatic N) is 2. The quantitative estimate of drug-likeness (QED) is 0.452. The summed E-state index contributed by atoms with van der Waals surface area (Å²) < 4.78 is 66.8. The number of likely N-dealkylation sites (tertiary alicyclic amines) is 1. The number of halogens is 3. The van der Waals surface area contributed by atoms with Gasteiger partial charge in [-0.2, -0.15) is 0 Å². The van der Waals surface area contributed by atoms with Gasteiger partial charge in [0, 0.05) is 53.5 Å². The normalized spacial score (nSPS) is 22.2. The molecule has 10 heteroatoms. The van der Waals surface area contributed by atoms with Crippen LogP contribution < -0.4 is 5.32 Å². The van der Waals surface area contributed by atoms with Crippen LogP contribution in [0.25, 0.3) is 10.9 Å². The van der Waals surface area contributed by atoms with Gasteiger partial charge in [-0.25, -0.2) is 8.78 Å². The van der Waals surface area contributed by atoms with Crippen LogP contribution in [0, 0.1) is 11.6 Å². The first-order chi connectivity index (χ1) is 16.9. The maximum atomic E-state index is 15.6. The number of hydrogen-bond acceptors (Lipinski definition) is 5. The van der Waals surface area contributed by atoms with Crippen LogP contribution in [0.15, 0.2) is 36.4 Å². The van der Waals surface area contributed by atoms with Crippen LogP contribution in [-0.2, 0) is 17.5 Å². The van der Waals surface area contributed by atoms with Gasteiger partial charge in [-0.05, 0) is 54.6 Å². The van der Waals surface area contributed by atoms with Crippen molar-refractivity contribution >= 4 is 27.7 Å². The second-order valence-corrected chi connectivity index (χ2v) is 10.3. The van der Waals surface area contributed by atoms with Gasteiger partial charge in [-0.1, -0.05) is 18.2 Å². The fourth-order valence-electron chi connectivity index (χ4n) is 5.43. The van der Waals surface area contributed by atoms with Crippen molar-refractivity contribution in [1.29, 1.82) is 0 Å². The molecule has 0 bridgehead atoms. The van der Waals surface area contributed by atoms with E-state index in [1.165, 1.54) is 12.1 Å². The molecule has 2 aliphatic rings. The second kappa shape index (κ2) is 9.93. The fraction of sp³-hybridized carbons (Fsp3) is 0.440. The molecule has 0 saturated carbocycles. The number of anilines is 1. The zero-order valence-corrected chi connectivity index (χ0v) is 20.2. The molecule has 0 spiro atoms. The lowest BCUT2D eigenvalue weighted by molar-refractivity contribution is 0.155. The van der Waals surface area contributed by atoms with E-state index in [1.54, 1.807) is 4.90 Å². The van der Waals surface area contributed by atoms with Crippen molar-refractivity contribution in [1.82, 2.24) is 14.8 Å². The van der Waals surface area contributed by atoms with E-state index in [4.69, 9.17) is 0 Å². The number of rotatable bonds is 8.